The Hall–Kier alpha value is -2.22. The van der Waals surface area contributed by atoms with E-state index in [1.165, 1.54) is 6.20 Å². The van der Waals surface area contributed by atoms with E-state index in [4.69, 9.17) is 4.74 Å². The smallest absolute Gasteiger partial charge is 0.325 e. The fraction of sp³-hybridized carbons (Fsp3) is 0.500. The number of aromatic amines is 2. The van der Waals surface area contributed by atoms with Crippen LogP contribution in [-0.4, -0.2) is 38.2 Å². The predicted octanol–water partition coefficient (Wildman–Crippen LogP) is -0.599. The second-order valence-electron chi connectivity index (χ2n) is 4.81. The number of hydrogen-bond donors (Lipinski definition) is 2. The molecular formula is C12H15N5O3. The molecule has 1 aliphatic heterocycles. The first kappa shape index (κ1) is 12.8. The number of aromatic nitrogens is 5. The maximum absolute atomic E-state index is 11.5. The van der Waals surface area contributed by atoms with Gasteiger partial charge >= 0.3 is 5.69 Å². The molecule has 1 aliphatic rings. The first-order chi connectivity index (χ1) is 9.72. The van der Waals surface area contributed by atoms with Gasteiger partial charge < -0.3 is 9.72 Å². The first-order valence-electron chi connectivity index (χ1n) is 6.51. The number of nitrogens with zero attached hydrogens (tertiary/aromatic N) is 3. The van der Waals surface area contributed by atoms with Crippen molar-refractivity contribution in [3.63, 3.8) is 0 Å². The Balaban J connectivity index is 1.66. The van der Waals surface area contributed by atoms with Crippen molar-refractivity contribution in [2.45, 2.75) is 25.3 Å². The molecule has 1 fully saturated rings. The molecule has 0 amide bonds. The van der Waals surface area contributed by atoms with Gasteiger partial charge in [-0.2, -0.15) is 0 Å². The fourth-order valence-corrected chi connectivity index (χ4v) is 2.24. The van der Waals surface area contributed by atoms with E-state index in [9.17, 15) is 9.59 Å². The minimum absolute atomic E-state index is 0.320. The molecule has 0 aliphatic carbocycles. The molecule has 20 heavy (non-hydrogen) atoms. The molecule has 0 radical (unpaired) electrons. The lowest BCUT2D eigenvalue weighted by atomic mass is 10.1. The highest BCUT2D eigenvalue weighted by atomic mass is 16.5. The fourth-order valence-electron chi connectivity index (χ4n) is 2.24. The van der Waals surface area contributed by atoms with Gasteiger partial charge in [0.2, 0.25) is 0 Å². The van der Waals surface area contributed by atoms with Gasteiger partial charge in [0.25, 0.3) is 5.56 Å². The van der Waals surface area contributed by atoms with E-state index in [0.29, 0.717) is 31.1 Å². The number of ether oxygens (including phenoxy) is 1. The molecule has 2 aromatic rings. The van der Waals surface area contributed by atoms with Gasteiger partial charge in [0, 0.05) is 37.0 Å². The van der Waals surface area contributed by atoms with E-state index < -0.39 is 5.69 Å². The monoisotopic (exact) mass is 277 g/mol. The maximum Gasteiger partial charge on any atom is 0.325 e. The Kier molecular flexibility index (Phi) is 3.46. The summed E-state index contributed by atoms with van der Waals surface area (Å²) in [6, 6.07) is 0. The molecule has 0 aromatic carbocycles. The summed E-state index contributed by atoms with van der Waals surface area (Å²) in [6.07, 6.45) is 4.78. The molecule has 1 saturated heterocycles. The normalized spacial score (nSPS) is 18.5. The zero-order valence-corrected chi connectivity index (χ0v) is 10.8. The number of aryl methyl sites for hydroxylation is 2. The quantitative estimate of drug-likeness (QED) is 0.776. The maximum atomic E-state index is 11.5. The van der Waals surface area contributed by atoms with Crippen molar-refractivity contribution >= 4 is 0 Å². The summed E-state index contributed by atoms with van der Waals surface area (Å²) in [5, 5.41) is 8.19. The van der Waals surface area contributed by atoms with Gasteiger partial charge in [-0.15, -0.1) is 5.10 Å². The average Bonchev–Trinajstić information content (AvgIpc) is 3.08. The van der Waals surface area contributed by atoms with Crippen molar-refractivity contribution in [3.05, 3.63) is 44.5 Å². The van der Waals surface area contributed by atoms with Crippen LogP contribution in [0.4, 0.5) is 0 Å². The highest BCUT2D eigenvalue weighted by Gasteiger charge is 2.20. The molecule has 0 unspecified atom stereocenters. The summed E-state index contributed by atoms with van der Waals surface area (Å²) in [6.45, 7) is 2.00. The molecule has 2 aromatic heterocycles. The second-order valence-corrected chi connectivity index (χ2v) is 4.81. The topological polar surface area (TPSA) is 106 Å². The van der Waals surface area contributed by atoms with Gasteiger partial charge in [-0.05, 0) is 12.8 Å². The Morgan fingerprint density at radius 1 is 1.45 bits per heavy atom. The van der Waals surface area contributed by atoms with E-state index in [-0.39, 0.29) is 5.56 Å². The van der Waals surface area contributed by atoms with Crippen LogP contribution in [0, 0.1) is 0 Å². The summed E-state index contributed by atoms with van der Waals surface area (Å²) >= 11 is 0. The molecule has 3 rings (SSSR count). The summed E-state index contributed by atoms with van der Waals surface area (Å²) in [7, 11) is 0. The lowest BCUT2D eigenvalue weighted by Gasteiger charge is -2.01. The highest BCUT2D eigenvalue weighted by Crippen LogP contribution is 2.22. The van der Waals surface area contributed by atoms with Crippen LogP contribution in [0.2, 0.25) is 0 Å². The summed E-state index contributed by atoms with van der Waals surface area (Å²) in [5.74, 6) is 0.320. The molecule has 3 heterocycles. The van der Waals surface area contributed by atoms with Crippen LogP contribution in [0.5, 0.6) is 0 Å². The van der Waals surface area contributed by atoms with Crippen molar-refractivity contribution in [3.8, 4) is 0 Å². The highest BCUT2D eigenvalue weighted by molar-refractivity contribution is 5.05. The lowest BCUT2D eigenvalue weighted by Crippen LogP contribution is -2.25. The van der Waals surface area contributed by atoms with E-state index >= 15 is 0 Å². The minimum atomic E-state index is -0.497. The molecule has 1 atom stereocenters. The number of rotatable bonds is 4. The van der Waals surface area contributed by atoms with Crippen molar-refractivity contribution in [2.75, 3.05) is 13.2 Å². The van der Waals surface area contributed by atoms with Gasteiger partial charge in [-0.3, -0.25) is 14.5 Å². The Labute approximate surface area is 113 Å². The third kappa shape index (κ3) is 2.69. The molecule has 8 heteroatoms. The Morgan fingerprint density at radius 3 is 3.10 bits per heavy atom. The van der Waals surface area contributed by atoms with E-state index in [1.54, 1.807) is 4.68 Å². The zero-order valence-electron chi connectivity index (χ0n) is 10.8. The van der Waals surface area contributed by atoms with Gasteiger partial charge in [0.05, 0.1) is 12.3 Å². The van der Waals surface area contributed by atoms with Gasteiger partial charge in [0.15, 0.2) is 0 Å². The molecular weight excluding hydrogens is 262 g/mol. The van der Waals surface area contributed by atoms with Crippen LogP contribution in [0.15, 0.2) is 22.0 Å². The second kappa shape index (κ2) is 5.41. The predicted molar refractivity (Wildman–Crippen MR) is 69.6 cm³/mol. The average molecular weight is 277 g/mol. The van der Waals surface area contributed by atoms with Crippen LogP contribution in [0.3, 0.4) is 0 Å². The number of nitrogens with one attached hydrogen (secondary N) is 2. The summed E-state index contributed by atoms with van der Waals surface area (Å²) in [4.78, 5) is 27.1. The molecule has 0 saturated carbocycles. The lowest BCUT2D eigenvalue weighted by molar-refractivity contribution is 0.193. The molecule has 2 N–H and O–H groups in total. The Bertz CT molecular complexity index is 695. The van der Waals surface area contributed by atoms with Crippen LogP contribution < -0.4 is 11.2 Å². The van der Waals surface area contributed by atoms with Crippen molar-refractivity contribution in [1.29, 1.82) is 0 Å². The SMILES string of the molecule is O=c1[nH]cc(CCn2cc([C@H]3CCOC3)nn2)c(=O)[nH]1. The molecule has 0 bridgehead atoms. The van der Waals surface area contributed by atoms with E-state index in [1.807, 2.05) is 6.20 Å². The largest absolute Gasteiger partial charge is 0.381 e. The summed E-state index contributed by atoms with van der Waals surface area (Å²) < 4.78 is 7.03. The number of H-pyrrole nitrogens is 2. The minimum Gasteiger partial charge on any atom is -0.381 e. The van der Waals surface area contributed by atoms with Crippen LogP contribution in [-0.2, 0) is 17.7 Å². The van der Waals surface area contributed by atoms with Gasteiger partial charge in [-0.25, -0.2) is 4.79 Å². The third-order valence-electron chi connectivity index (χ3n) is 3.41. The van der Waals surface area contributed by atoms with Crippen LogP contribution in [0.1, 0.15) is 23.6 Å². The molecule has 106 valence electrons. The van der Waals surface area contributed by atoms with Crippen LogP contribution >= 0.6 is 0 Å². The van der Waals surface area contributed by atoms with E-state index in [2.05, 4.69) is 20.3 Å². The number of hydrogen-bond acceptors (Lipinski definition) is 5. The summed E-state index contributed by atoms with van der Waals surface area (Å²) in [5.41, 5.74) is 0.588. The zero-order chi connectivity index (χ0) is 13.9. The van der Waals surface area contributed by atoms with Crippen LogP contribution in [0.25, 0.3) is 0 Å². The van der Waals surface area contributed by atoms with Gasteiger partial charge in [-0.1, -0.05) is 5.21 Å². The Morgan fingerprint density at radius 2 is 2.35 bits per heavy atom. The third-order valence-corrected chi connectivity index (χ3v) is 3.41. The van der Waals surface area contributed by atoms with Crippen molar-refractivity contribution in [1.82, 2.24) is 25.0 Å². The van der Waals surface area contributed by atoms with Gasteiger partial charge in [0.1, 0.15) is 0 Å². The van der Waals surface area contributed by atoms with E-state index in [0.717, 1.165) is 18.7 Å². The van der Waals surface area contributed by atoms with Crippen molar-refractivity contribution < 1.29 is 4.74 Å². The standard InChI is InChI=1S/C12H15N5O3/c18-11-8(5-13-12(19)14-11)1-3-17-6-10(15-16-17)9-2-4-20-7-9/h5-6,9H,1-4,7H2,(H2,13,14,18,19)/t9-/m0/s1. The molecule has 8 nitrogen and oxygen atoms in total. The first-order valence-corrected chi connectivity index (χ1v) is 6.51. The van der Waals surface area contributed by atoms with Crippen molar-refractivity contribution in [2.24, 2.45) is 0 Å². The molecule has 0 spiro atoms.